The van der Waals surface area contributed by atoms with Crippen molar-refractivity contribution in [3.63, 3.8) is 0 Å². The molecule has 0 fully saturated rings. The number of amides is 1. The number of rotatable bonds is 4. The van der Waals surface area contributed by atoms with Crippen molar-refractivity contribution in [2.75, 3.05) is 13.7 Å². The summed E-state index contributed by atoms with van der Waals surface area (Å²) < 4.78 is 17.9. The smallest absolute Gasteiger partial charge is 0.306 e. The van der Waals surface area contributed by atoms with Crippen molar-refractivity contribution in [2.24, 2.45) is 0 Å². The number of methoxy groups -OCH3 is 1. The quantitative estimate of drug-likeness (QED) is 0.802. The first-order valence-corrected chi connectivity index (χ1v) is 8.29. The van der Waals surface area contributed by atoms with Gasteiger partial charge in [-0.15, -0.1) is 0 Å². The highest BCUT2D eigenvalue weighted by atomic mass is 19.1. The van der Waals surface area contributed by atoms with Gasteiger partial charge < -0.3 is 9.64 Å². The van der Waals surface area contributed by atoms with Crippen LogP contribution in [-0.2, 0) is 20.7 Å². The fraction of sp³-hybridized carbons (Fsp3) is 0.300. The molecule has 0 spiro atoms. The summed E-state index contributed by atoms with van der Waals surface area (Å²) in [6.07, 6.45) is 0.925. The molecule has 1 aliphatic heterocycles. The van der Waals surface area contributed by atoms with Gasteiger partial charge in [0.25, 0.3) is 0 Å². The van der Waals surface area contributed by atoms with E-state index >= 15 is 0 Å². The second kappa shape index (κ2) is 7.47. The Morgan fingerprint density at radius 3 is 2.56 bits per heavy atom. The number of fused-ring (bicyclic) bond motifs is 1. The third kappa shape index (κ3) is 3.71. The molecule has 130 valence electrons. The molecule has 0 saturated heterocycles. The number of ether oxygens (including phenoxy) is 1. The second-order valence-electron chi connectivity index (χ2n) is 6.07. The number of hydrogen-bond donors (Lipinski definition) is 0. The van der Waals surface area contributed by atoms with E-state index in [1.165, 1.54) is 24.8 Å². The van der Waals surface area contributed by atoms with Gasteiger partial charge in [-0.3, -0.25) is 9.59 Å². The first-order valence-electron chi connectivity index (χ1n) is 8.29. The molecule has 0 bridgehead atoms. The van der Waals surface area contributed by atoms with Crippen molar-refractivity contribution < 1.29 is 18.7 Å². The lowest BCUT2D eigenvalue weighted by atomic mass is 9.88. The standard InChI is InChI=1S/C20H20FNO3/c1-25-19(24)11-10-18(23)22-13-12-14-4-2-3-5-17(14)20(22)15-6-8-16(21)9-7-15/h2-9,20H,10-13H2,1H3. The lowest BCUT2D eigenvalue weighted by molar-refractivity contribution is -0.144. The van der Waals surface area contributed by atoms with Crippen LogP contribution in [0.2, 0.25) is 0 Å². The monoisotopic (exact) mass is 341 g/mol. The van der Waals surface area contributed by atoms with Crippen molar-refractivity contribution in [1.29, 1.82) is 0 Å². The fourth-order valence-corrected chi connectivity index (χ4v) is 3.29. The number of hydrogen-bond acceptors (Lipinski definition) is 3. The Morgan fingerprint density at radius 2 is 1.84 bits per heavy atom. The number of benzene rings is 2. The molecule has 0 aliphatic carbocycles. The normalized spacial score (nSPS) is 16.2. The van der Waals surface area contributed by atoms with E-state index in [0.717, 1.165) is 17.5 Å². The van der Waals surface area contributed by atoms with Gasteiger partial charge in [-0.05, 0) is 35.2 Å². The topological polar surface area (TPSA) is 46.6 Å². The van der Waals surface area contributed by atoms with Crippen LogP contribution in [0.15, 0.2) is 48.5 Å². The molecule has 2 aromatic carbocycles. The van der Waals surface area contributed by atoms with E-state index < -0.39 is 5.97 Å². The van der Waals surface area contributed by atoms with Crippen LogP contribution in [-0.4, -0.2) is 30.4 Å². The molecular formula is C20H20FNO3. The van der Waals surface area contributed by atoms with Gasteiger partial charge in [0, 0.05) is 13.0 Å². The summed E-state index contributed by atoms with van der Waals surface area (Å²) in [7, 11) is 1.31. The minimum Gasteiger partial charge on any atom is -0.469 e. The van der Waals surface area contributed by atoms with Gasteiger partial charge in [0.1, 0.15) is 5.82 Å². The average Bonchev–Trinajstić information content (AvgIpc) is 2.65. The SMILES string of the molecule is COC(=O)CCC(=O)N1CCc2ccccc2C1c1ccc(F)cc1. The molecule has 1 amide bonds. The Hall–Kier alpha value is -2.69. The van der Waals surface area contributed by atoms with E-state index in [2.05, 4.69) is 10.8 Å². The first kappa shape index (κ1) is 17.1. The lowest BCUT2D eigenvalue weighted by Gasteiger charge is -2.38. The molecule has 5 heteroatoms. The van der Waals surface area contributed by atoms with E-state index in [9.17, 15) is 14.0 Å². The van der Waals surface area contributed by atoms with Crippen molar-refractivity contribution in [1.82, 2.24) is 4.90 Å². The van der Waals surface area contributed by atoms with Crippen molar-refractivity contribution in [3.8, 4) is 0 Å². The molecule has 0 N–H and O–H groups in total. The molecule has 0 saturated carbocycles. The second-order valence-corrected chi connectivity index (χ2v) is 6.07. The molecule has 0 radical (unpaired) electrons. The van der Waals surface area contributed by atoms with Crippen molar-refractivity contribution in [3.05, 3.63) is 71.0 Å². The minimum absolute atomic E-state index is 0.0591. The fourth-order valence-electron chi connectivity index (χ4n) is 3.29. The van der Waals surface area contributed by atoms with Gasteiger partial charge >= 0.3 is 5.97 Å². The minimum atomic E-state index is -0.399. The average molecular weight is 341 g/mol. The van der Waals surface area contributed by atoms with Gasteiger partial charge in [-0.2, -0.15) is 0 Å². The summed E-state index contributed by atoms with van der Waals surface area (Å²) in [6, 6.07) is 14.0. The molecule has 1 heterocycles. The van der Waals surface area contributed by atoms with Crippen LogP contribution in [0, 0.1) is 5.82 Å². The molecule has 1 atom stereocenters. The molecule has 25 heavy (non-hydrogen) atoms. The maximum atomic E-state index is 13.3. The Balaban J connectivity index is 1.92. The van der Waals surface area contributed by atoms with Crippen LogP contribution in [0.3, 0.4) is 0 Å². The Bertz CT molecular complexity index is 773. The summed E-state index contributed by atoms with van der Waals surface area (Å²) in [5, 5.41) is 0. The van der Waals surface area contributed by atoms with Gasteiger partial charge in [0.15, 0.2) is 0 Å². The molecular weight excluding hydrogens is 321 g/mol. The largest absolute Gasteiger partial charge is 0.469 e. The van der Waals surface area contributed by atoms with E-state index in [-0.39, 0.29) is 30.6 Å². The number of nitrogens with zero attached hydrogens (tertiary/aromatic N) is 1. The van der Waals surface area contributed by atoms with Crippen LogP contribution in [0.25, 0.3) is 0 Å². The highest BCUT2D eigenvalue weighted by Crippen LogP contribution is 2.35. The van der Waals surface area contributed by atoms with E-state index in [0.29, 0.717) is 6.54 Å². The lowest BCUT2D eigenvalue weighted by Crippen LogP contribution is -2.40. The number of esters is 1. The molecule has 1 aliphatic rings. The zero-order valence-electron chi connectivity index (χ0n) is 14.1. The summed E-state index contributed by atoms with van der Waals surface area (Å²) in [6.45, 7) is 0.569. The molecule has 0 aromatic heterocycles. The predicted molar refractivity (Wildman–Crippen MR) is 91.4 cm³/mol. The van der Waals surface area contributed by atoms with Crippen LogP contribution >= 0.6 is 0 Å². The molecule has 3 rings (SSSR count). The first-order chi connectivity index (χ1) is 12.1. The van der Waals surface area contributed by atoms with Crippen LogP contribution in [0.5, 0.6) is 0 Å². The highest BCUT2D eigenvalue weighted by Gasteiger charge is 2.31. The van der Waals surface area contributed by atoms with Crippen LogP contribution in [0.4, 0.5) is 4.39 Å². The summed E-state index contributed by atoms with van der Waals surface area (Å²) in [5.41, 5.74) is 3.10. The number of carbonyl (C=O) groups excluding carboxylic acids is 2. The maximum Gasteiger partial charge on any atom is 0.306 e. The predicted octanol–water partition coefficient (Wildman–Crippen LogP) is 3.25. The van der Waals surface area contributed by atoms with Crippen LogP contribution < -0.4 is 0 Å². The van der Waals surface area contributed by atoms with Crippen LogP contribution in [0.1, 0.15) is 35.6 Å². The number of carbonyl (C=O) groups is 2. The molecule has 4 nitrogen and oxygen atoms in total. The third-order valence-corrected chi connectivity index (χ3v) is 4.56. The highest BCUT2D eigenvalue weighted by molar-refractivity contribution is 5.82. The summed E-state index contributed by atoms with van der Waals surface area (Å²) >= 11 is 0. The summed E-state index contributed by atoms with van der Waals surface area (Å²) in [5.74, 6) is -0.810. The molecule has 1 unspecified atom stereocenters. The van der Waals surface area contributed by atoms with E-state index in [1.807, 2.05) is 18.2 Å². The molecule has 2 aromatic rings. The number of halogens is 1. The summed E-state index contributed by atoms with van der Waals surface area (Å²) in [4.78, 5) is 25.9. The Labute approximate surface area is 146 Å². The maximum absolute atomic E-state index is 13.3. The zero-order chi connectivity index (χ0) is 17.8. The van der Waals surface area contributed by atoms with Gasteiger partial charge in [0.2, 0.25) is 5.91 Å². The zero-order valence-corrected chi connectivity index (χ0v) is 14.1. The van der Waals surface area contributed by atoms with E-state index in [1.54, 1.807) is 17.0 Å². The van der Waals surface area contributed by atoms with E-state index in [4.69, 9.17) is 0 Å². The third-order valence-electron chi connectivity index (χ3n) is 4.56. The Kier molecular flexibility index (Phi) is 5.12. The van der Waals surface area contributed by atoms with Gasteiger partial charge in [0.05, 0.1) is 19.6 Å². The van der Waals surface area contributed by atoms with Gasteiger partial charge in [-0.25, -0.2) is 4.39 Å². The van der Waals surface area contributed by atoms with Crippen molar-refractivity contribution >= 4 is 11.9 Å². The van der Waals surface area contributed by atoms with Gasteiger partial charge in [-0.1, -0.05) is 36.4 Å². The Morgan fingerprint density at radius 1 is 1.12 bits per heavy atom. The van der Waals surface area contributed by atoms with Crippen molar-refractivity contribution in [2.45, 2.75) is 25.3 Å².